The van der Waals surface area contributed by atoms with E-state index < -0.39 is 23.7 Å². The average Bonchev–Trinajstić information content (AvgIpc) is 2.35. The minimum Gasteiger partial charge on any atom is -0.340 e. The van der Waals surface area contributed by atoms with Crippen LogP contribution in [0.5, 0.6) is 0 Å². The predicted molar refractivity (Wildman–Crippen MR) is 74.9 cm³/mol. The number of hydrogen-bond donors (Lipinski definition) is 1. The van der Waals surface area contributed by atoms with E-state index in [1.165, 1.54) is 4.90 Å². The standard InChI is InChI=1S/C15H25FN2O2/c1-14(2,3)11-12(19)17-15(7-5-4-6-8-15)13(20)18(11)10-9-16/h11H,4-10H2,1-3H3,(H,17,19). The molecule has 1 spiro atoms. The highest BCUT2D eigenvalue weighted by Crippen LogP contribution is 2.37. The van der Waals surface area contributed by atoms with Gasteiger partial charge in [-0.2, -0.15) is 0 Å². The minimum atomic E-state index is -0.772. The van der Waals surface area contributed by atoms with Gasteiger partial charge in [-0.25, -0.2) is 4.39 Å². The molecule has 1 heterocycles. The van der Waals surface area contributed by atoms with E-state index in [0.29, 0.717) is 12.8 Å². The summed E-state index contributed by atoms with van der Waals surface area (Å²) >= 11 is 0. The summed E-state index contributed by atoms with van der Waals surface area (Å²) in [6, 6.07) is -0.585. The van der Waals surface area contributed by atoms with E-state index >= 15 is 0 Å². The molecule has 1 aliphatic heterocycles. The first-order valence-electron chi connectivity index (χ1n) is 7.51. The Bertz CT molecular complexity index is 397. The Morgan fingerprint density at radius 3 is 2.35 bits per heavy atom. The van der Waals surface area contributed by atoms with Crippen molar-refractivity contribution in [2.75, 3.05) is 13.2 Å². The molecule has 1 N–H and O–H groups in total. The monoisotopic (exact) mass is 284 g/mol. The molecule has 5 heteroatoms. The van der Waals surface area contributed by atoms with Gasteiger partial charge in [0.05, 0.1) is 0 Å². The smallest absolute Gasteiger partial charge is 0.249 e. The number of nitrogens with one attached hydrogen (secondary N) is 1. The third-order valence-corrected chi connectivity index (χ3v) is 4.45. The Balaban J connectivity index is 2.33. The van der Waals surface area contributed by atoms with Crippen LogP contribution in [0.3, 0.4) is 0 Å². The summed E-state index contributed by atoms with van der Waals surface area (Å²) in [7, 11) is 0. The van der Waals surface area contributed by atoms with Crippen molar-refractivity contribution in [1.29, 1.82) is 0 Å². The Kier molecular flexibility index (Phi) is 4.07. The second-order valence-corrected chi connectivity index (χ2v) is 7.09. The van der Waals surface area contributed by atoms with Gasteiger partial charge in [0, 0.05) is 6.54 Å². The molecule has 1 unspecified atom stereocenters. The van der Waals surface area contributed by atoms with Crippen LogP contribution in [0, 0.1) is 5.41 Å². The Hall–Kier alpha value is -1.13. The Morgan fingerprint density at radius 2 is 1.85 bits per heavy atom. The molecule has 1 saturated heterocycles. The van der Waals surface area contributed by atoms with E-state index in [2.05, 4.69) is 5.32 Å². The zero-order valence-corrected chi connectivity index (χ0v) is 12.7. The second kappa shape index (κ2) is 5.34. The van der Waals surface area contributed by atoms with E-state index in [-0.39, 0.29) is 18.4 Å². The van der Waals surface area contributed by atoms with Crippen molar-refractivity contribution in [3.8, 4) is 0 Å². The van der Waals surface area contributed by atoms with Crippen molar-refractivity contribution in [2.45, 2.75) is 64.5 Å². The lowest BCUT2D eigenvalue weighted by Gasteiger charge is -2.50. The van der Waals surface area contributed by atoms with Gasteiger partial charge in [0.2, 0.25) is 11.8 Å². The van der Waals surface area contributed by atoms with Crippen molar-refractivity contribution in [2.24, 2.45) is 5.41 Å². The van der Waals surface area contributed by atoms with Gasteiger partial charge in [-0.05, 0) is 18.3 Å². The van der Waals surface area contributed by atoms with Crippen LogP contribution in [0.1, 0.15) is 52.9 Å². The van der Waals surface area contributed by atoms with Gasteiger partial charge in [-0.15, -0.1) is 0 Å². The average molecular weight is 284 g/mol. The highest BCUT2D eigenvalue weighted by molar-refractivity contribution is 6.00. The molecule has 4 nitrogen and oxygen atoms in total. The zero-order chi connectivity index (χ0) is 15.0. The number of hydrogen-bond acceptors (Lipinski definition) is 2. The van der Waals surface area contributed by atoms with E-state index in [4.69, 9.17) is 0 Å². The fourth-order valence-corrected chi connectivity index (χ4v) is 3.57. The summed E-state index contributed by atoms with van der Waals surface area (Å²) in [5.41, 5.74) is -1.17. The number of alkyl halides is 1. The summed E-state index contributed by atoms with van der Waals surface area (Å²) in [6.45, 7) is 5.13. The number of halogens is 1. The Labute approximate surface area is 120 Å². The third kappa shape index (κ3) is 2.54. The third-order valence-electron chi connectivity index (χ3n) is 4.45. The minimum absolute atomic E-state index is 0.00986. The van der Waals surface area contributed by atoms with Gasteiger partial charge in [-0.3, -0.25) is 9.59 Å². The van der Waals surface area contributed by atoms with Crippen LogP contribution in [-0.2, 0) is 9.59 Å². The normalized spacial score (nSPS) is 26.8. The fourth-order valence-electron chi connectivity index (χ4n) is 3.57. The first-order valence-corrected chi connectivity index (χ1v) is 7.51. The van der Waals surface area contributed by atoms with Crippen molar-refractivity contribution in [3.05, 3.63) is 0 Å². The fraction of sp³-hybridized carbons (Fsp3) is 0.867. The summed E-state index contributed by atoms with van der Waals surface area (Å²) < 4.78 is 12.9. The molecule has 1 atom stereocenters. The molecule has 0 aromatic heterocycles. The molecular weight excluding hydrogens is 259 g/mol. The quantitative estimate of drug-likeness (QED) is 0.843. The maximum Gasteiger partial charge on any atom is 0.249 e. The molecule has 1 saturated carbocycles. The van der Waals surface area contributed by atoms with Crippen LogP contribution in [0.4, 0.5) is 4.39 Å². The van der Waals surface area contributed by atoms with Crippen LogP contribution >= 0.6 is 0 Å². The summed E-state index contributed by atoms with van der Waals surface area (Å²) in [5, 5.41) is 2.97. The SMILES string of the molecule is CC(C)(C)C1C(=O)NC2(CCCCC2)C(=O)N1CCF. The van der Waals surface area contributed by atoms with Crippen molar-refractivity contribution in [1.82, 2.24) is 10.2 Å². The lowest BCUT2D eigenvalue weighted by molar-refractivity contribution is -0.161. The van der Waals surface area contributed by atoms with E-state index in [1.807, 2.05) is 20.8 Å². The molecule has 2 rings (SSSR count). The van der Waals surface area contributed by atoms with Gasteiger partial charge in [-0.1, -0.05) is 40.0 Å². The van der Waals surface area contributed by atoms with E-state index in [1.54, 1.807) is 0 Å². The number of amides is 2. The summed E-state index contributed by atoms with van der Waals surface area (Å²) in [5.74, 6) is -0.221. The topological polar surface area (TPSA) is 49.4 Å². The van der Waals surface area contributed by atoms with E-state index in [9.17, 15) is 14.0 Å². The van der Waals surface area contributed by atoms with Crippen molar-refractivity contribution in [3.63, 3.8) is 0 Å². The van der Waals surface area contributed by atoms with Gasteiger partial charge in [0.1, 0.15) is 18.3 Å². The lowest BCUT2D eigenvalue weighted by atomic mass is 9.75. The number of rotatable bonds is 2. The molecule has 2 amide bonds. The van der Waals surface area contributed by atoms with Gasteiger partial charge < -0.3 is 10.2 Å². The number of piperazine rings is 1. The first-order chi connectivity index (χ1) is 9.32. The van der Waals surface area contributed by atoms with E-state index in [0.717, 1.165) is 19.3 Å². The second-order valence-electron chi connectivity index (χ2n) is 7.09. The van der Waals surface area contributed by atoms with Gasteiger partial charge in [0.25, 0.3) is 0 Å². The number of carbonyl (C=O) groups is 2. The number of carbonyl (C=O) groups excluding carboxylic acids is 2. The van der Waals surface area contributed by atoms with Crippen molar-refractivity contribution < 1.29 is 14.0 Å². The molecule has 1 aliphatic carbocycles. The molecule has 2 fully saturated rings. The number of nitrogens with zero attached hydrogens (tertiary/aromatic N) is 1. The Morgan fingerprint density at radius 1 is 1.25 bits per heavy atom. The summed E-state index contributed by atoms with van der Waals surface area (Å²) in [6.07, 6.45) is 4.33. The predicted octanol–water partition coefficient (Wildman–Crippen LogP) is 2.03. The molecular formula is C15H25FN2O2. The highest BCUT2D eigenvalue weighted by atomic mass is 19.1. The van der Waals surface area contributed by atoms with Crippen LogP contribution in [-0.4, -0.2) is 41.5 Å². The highest BCUT2D eigenvalue weighted by Gasteiger charge is 2.53. The zero-order valence-electron chi connectivity index (χ0n) is 12.7. The maximum absolute atomic E-state index is 12.9. The maximum atomic E-state index is 12.9. The van der Waals surface area contributed by atoms with Crippen molar-refractivity contribution >= 4 is 11.8 Å². The molecule has 0 aromatic rings. The molecule has 114 valence electrons. The van der Waals surface area contributed by atoms with Gasteiger partial charge in [0.15, 0.2) is 0 Å². The van der Waals surface area contributed by atoms with Crippen LogP contribution in [0.2, 0.25) is 0 Å². The molecule has 0 aromatic carbocycles. The largest absolute Gasteiger partial charge is 0.340 e. The molecule has 0 bridgehead atoms. The lowest BCUT2D eigenvalue weighted by Crippen LogP contribution is -2.73. The van der Waals surface area contributed by atoms with Crippen LogP contribution in [0.15, 0.2) is 0 Å². The molecule has 20 heavy (non-hydrogen) atoms. The first kappa shape index (κ1) is 15.3. The summed E-state index contributed by atoms with van der Waals surface area (Å²) in [4.78, 5) is 26.8. The van der Waals surface area contributed by atoms with Crippen LogP contribution in [0.25, 0.3) is 0 Å². The molecule has 0 radical (unpaired) electrons. The molecule has 2 aliphatic rings. The van der Waals surface area contributed by atoms with Crippen LogP contribution < -0.4 is 5.32 Å². The van der Waals surface area contributed by atoms with Gasteiger partial charge >= 0.3 is 0 Å².